The van der Waals surface area contributed by atoms with Gasteiger partial charge in [-0.2, -0.15) is 0 Å². The molecule has 3 N–H and O–H groups in total. The van der Waals surface area contributed by atoms with Gasteiger partial charge in [0.05, 0.1) is 5.02 Å². The number of carboxylic acid groups (broad SMARTS) is 1. The molecule has 8 heteroatoms. The van der Waals surface area contributed by atoms with Gasteiger partial charge in [0.1, 0.15) is 5.69 Å². The maximum Gasteiger partial charge on any atom is 0.352 e. The van der Waals surface area contributed by atoms with Crippen molar-refractivity contribution < 1.29 is 14.7 Å². The highest BCUT2D eigenvalue weighted by molar-refractivity contribution is 6.39. The Kier molecular flexibility index (Phi) is 7.21. The molecular weight excluding hydrogens is 389 g/mol. The van der Waals surface area contributed by atoms with Gasteiger partial charge in [0.2, 0.25) is 5.91 Å². The van der Waals surface area contributed by atoms with Crippen molar-refractivity contribution in [2.75, 3.05) is 6.54 Å². The van der Waals surface area contributed by atoms with Crippen LogP contribution in [0.2, 0.25) is 10.0 Å². The number of benzene rings is 1. The van der Waals surface area contributed by atoms with E-state index in [1.165, 1.54) is 18.2 Å². The average molecular weight is 408 g/mol. The van der Waals surface area contributed by atoms with E-state index in [9.17, 15) is 14.7 Å². The summed E-state index contributed by atoms with van der Waals surface area (Å²) in [7, 11) is 0. The average Bonchev–Trinajstić information content (AvgIpc) is 2.98. The zero-order valence-electron chi connectivity index (χ0n) is 14.8. The van der Waals surface area contributed by atoms with Gasteiger partial charge in [0, 0.05) is 52.4 Å². The van der Waals surface area contributed by atoms with Crippen LogP contribution in [0.3, 0.4) is 0 Å². The van der Waals surface area contributed by atoms with Crippen molar-refractivity contribution in [3.8, 4) is 0 Å². The number of fused-ring (bicyclic) bond motifs is 1. The quantitative estimate of drug-likeness (QED) is 0.458. The van der Waals surface area contributed by atoms with Crippen molar-refractivity contribution >= 4 is 58.3 Å². The van der Waals surface area contributed by atoms with Crippen LogP contribution in [0.1, 0.15) is 36.3 Å². The number of carboxylic acids is 1. The summed E-state index contributed by atoms with van der Waals surface area (Å²) in [5.41, 5.74) is 1.61. The lowest BCUT2D eigenvalue weighted by Gasteiger charge is -2.03. The molecule has 0 atom stereocenters. The first-order valence-electron chi connectivity index (χ1n) is 8.21. The van der Waals surface area contributed by atoms with Crippen molar-refractivity contribution in [1.29, 1.82) is 0 Å². The molecule has 2 rings (SSSR count). The third-order valence-electron chi connectivity index (χ3n) is 3.78. The van der Waals surface area contributed by atoms with Crippen LogP contribution in [0.25, 0.3) is 17.0 Å². The van der Waals surface area contributed by atoms with Gasteiger partial charge in [-0.3, -0.25) is 9.79 Å². The molecule has 0 aliphatic heterocycles. The number of H-pyrrole nitrogens is 1. The molecule has 1 heterocycles. The molecule has 1 amide bonds. The van der Waals surface area contributed by atoms with E-state index in [0.717, 1.165) is 5.70 Å². The van der Waals surface area contributed by atoms with Crippen molar-refractivity contribution in [1.82, 2.24) is 10.3 Å². The van der Waals surface area contributed by atoms with Crippen LogP contribution < -0.4 is 5.32 Å². The second-order valence-electron chi connectivity index (χ2n) is 5.57. The Bertz CT molecular complexity index is 959. The summed E-state index contributed by atoms with van der Waals surface area (Å²) in [4.78, 5) is 30.5. The molecular formula is C19H19Cl2N3O3. The number of halogens is 2. The highest BCUT2D eigenvalue weighted by Gasteiger charge is 2.18. The smallest absolute Gasteiger partial charge is 0.352 e. The second kappa shape index (κ2) is 9.39. The van der Waals surface area contributed by atoms with Crippen LogP contribution >= 0.6 is 23.2 Å². The summed E-state index contributed by atoms with van der Waals surface area (Å²) < 4.78 is 0. The fourth-order valence-electron chi connectivity index (χ4n) is 2.59. The van der Waals surface area contributed by atoms with Crippen LogP contribution in [0, 0.1) is 0 Å². The van der Waals surface area contributed by atoms with Gasteiger partial charge in [-0.25, -0.2) is 4.79 Å². The molecule has 0 spiro atoms. The molecule has 1 aromatic carbocycles. The molecule has 0 aliphatic carbocycles. The lowest BCUT2D eigenvalue weighted by atomic mass is 10.1. The molecule has 6 nitrogen and oxygen atoms in total. The van der Waals surface area contributed by atoms with Crippen LogP contribution in [0.5, 0.6) is 0 Å². The van der Waals surface area contributed by atoms with Crippen molar-refractivity contribution in [2.24, 2.45) is 4.99 Å². The standard InChI is InChI=1S/C19H19Cl2N3O3/c1-3-12(22-4-2)7-8-23-16(25)6-5-13-17-14(21)9-11(20)10-15(17)24-18(13)19(26)27/h3-6,9-10,24H,7-8H2,1-2H3,(H,23,25)(H,26,27)/b6-5+,12-3-,22-4?. The molecule has 1 aromatic heterocycles. The molecule has 0 fully saturated rings. The molecule has 142 valence electrons. The first-order valence-corrected chi connectivity index (χ1v) is 8.96. The molecule has 0 saturated heterocycles. The number of nitrogens with one attached hydrogen (secondary N) is 2. The van der Waals surface area contributed by atoms with Crippen LogP contribution in [-0.4, -0.2) is 34.7 Å². The van der Waals surface area contributed by atoms with Crippen molar-refractivity contribution in [2.45, 2.75) is 20.3 Å². The number of carbonyl (C=O) groups is 2. The Morgan fingerprint density at radius 2 is 2.04 bits per heavy atom. The Labute approximate surface area is 166 Å². The molecule has 0 aliphatic rings. The summed E-state index contributed by atoms with van der Waals surface area (Å²) in [6.45, 7) is 4.12. The minimum absolute atomic E-state index is 0.0632. The second-order valence-corrected chi connectivity index (χ2v) is 6.41. The lowest BCUT2D eigenvalue weighted by molar-refractivity contribution is -0.116. The number of amides is 1. The normalized spacial score (nSPS) is 12.4. The van der Waals surface area contributed by atoms with Gasteiger partial charge < -0.3 is 15.4 Å². The lowest BCUT2D eigenvalue weighted by Crippen LogP contribution is -2.22. The van der Waals surface area contributed by atoms with Gasteiger partial charge in [0.25, 0.3) is 0 Å². The highest BCUT2D eigenvalue weighted by Crippen LogP contribution is 2.33. The third kappa shape index (κ3) is 5.21. The molecule has 0 unspecified atom stereocenters. The largest absolute Gasteiger partial charge is 0.477 e. The van der Waals surface area contributed by atoms with E-state index in [2.05, 4.69) is 15.3 Å². The third-order valence-corrected chi connectivity index (χ3v) is 4.29. The molecule has 0 bridgehead atoms. The number of rotatable bonds is 7. The van der Waals surface area contributed by atoms with Gasteiger partial charge in [-0.15, -0.1) is 0 Å². The zero-order valence-corrected chi connectivity index (χ0v) is 16.4. The first kappa shape index (κ1) is 20.7. The predicted molar refractivity (Wildman–Crippen MR) is 110 cm³/mol. The van der Waals surface area contributed by atoms with Crippen molar-refractivity contribution in [3.63, 3.8) is 0 Å². The van der Waals surface area contributed by atoms with E-state index in [-0.39, 0.29) is 11.6 Å². The molecule has 0 radical (unpaired) electrons. The van der Waals surface area contributed by atoms with Gasteiger partial charge in [-0.1, -0.05) is 29.3 Å². The molecule has 0 saturated carbocycles. The van der Waals surface area contributed by atoms with Gasteiger partial charge >= 0.3 is 5.97 Å². The number of aromatic carboxylic acids is 1. The van der Waals surface area contributed by atoms with Gasteiger partial charge in [-0.05, 0) is 32.1 Å². The first-order chi connectivity index (χ1) is 12.9. The van der Waals surface area contributed by atoms with Crippen molar-refractivity contribution in [3.05, 3.63) is 51.3 Å². The molecule has 2 aromatic rings. The Balaban J connectivity index is 2.20. The van der Waals surface area contributed by atoms with Crippen LogP contribution in [0.15, 0.2) is 35.0 Å². The van der Waals surface area contributed by atoms with E-state index in [0.29, 0.717) is 39.5 Å². The SMILES string of the molecule is CC=N/C(=C\C)CCNC(=O)/C=C/c1c(C(=O)O)[nH]c2cc(Cl)cc(Cl)c12. The summed E-state index contributed by atoms with van der Waals surface area (Å²) in [6.07, 6.45) is 6.87. The van der Waals surface area contributed by atoms with E-state index in [1.807, 2.05) is 19.9 Å². The van der Waals surface area contributed by atoms with Gasteiger partial charge in [0.15, 0.2) is 0 Å². The Hall–Kier alpha value is -2.57. The van der Waals surface area contributed by atoms with Crippen LogP contribution in [-0.2, 0) is 4.79 Å². The number of hydrogen-bond donors (Lipinski definition) is 3. The number of allylic oxidation sites excluding steroid dienone is 1. The number of carbonyl (C=O) groups excluding carboxylic acids is 1. The zero-order chi connectivity index (χ0) is 20.0. The number of aromatic amines is 1. The summed E-state index contributed by atoms with van der Waals surface area (Å²) in [6, 6.07) is 3.11. The Morgan fingerprint density at radius 3 is 2.67 bits per heavy atom. The summed E-state index contributed by atoms with van der Waals surface area (Å²) in [5, 5.41) is 13.3. The highest BCUT2D eigenvalue weighted by atomic mass is 35.5. The fourth-order valence-corrected chi connectivity index (χ4v) is 3.18. The van der Waals surface area contributed by atoms with Crippen LogP contribution in [0.4, 0.5) is 0 Å². The van der Waals surface area contributed by atoms with E-state index in [1.54, 1.807) is 12.3 Å². The Morgan fingerprint density at radius 1 is 1.30 bits per heavy atom. The fraction of sp³-hybridized carbons (Fsp3) is 0.211. The number of aliphatic imine (C=N–C) groups is 1. The maximum absolute atomic E-state index is 12.1. The topological polar surface area (TPSA) is 94.6 Å². The minimum Gasteiger partial charge on any atom is -0.477 e. The maximum atomic E-state index is 12.1. The molecule has 27 heavy (non-hydrogen) atoms. The number of hydrogen-bond acceptors (Lipinski definition) is 3. The minimum atomic E-state index is -1.16. The van der Waals surface area contributed by atoms with E-state index >= 15 is 0 Å². The summed E-state index contributed by atoms with van der Waals surface area (Å²) in [5.74, 6) is -1.50. The summed E-state index contributed by atoms with van der Waals surface area (Å²) >= 11 is 12.2. The van der Waals surface area contributed by atoms with E-state index in [4.69, 9.17) is 23.2 Å². The number of aromatic nitrogens is 1. The number of nitrogens with zero attached hydrogens (tertiary/aromatic N) is 1. The predicted octanol–water partition coefficient (Wildman–Crippen LogP) is 4.69. The monoisotopic (exact) mass is 407 g/mol. The van der Waals surface area contributed by atoms with E-state index < -0.39 is 5.97 Å².